The lowest BCUT2D eigenvalue weighted by molar-refractivity contribution is -0.101. The van der Waals surface area contributed by atoms with Crippen molar-refractivity contribution in [3.05, 3.63) is 48.0 Å². The van der Waals surface area contributed by atoms with Crippen molar-refractivity contribution in [1.82, 2.24) is 19.7 Å². The number of benzene rings is 1. The molecule has 0 radical (unpaired) electrons. The monoisotopic (exact) mass is 336 g/mol. The Morgan fingerprint density at radius 2 is 2.00 bits per heavy atom. The lowest BCUT2D eigenvalue weighted by Crippen LogP contribution is -2.50. The highest BCUT2D eigenvalue weighted by Gasteiger charge is 2.34. The highest BCUT2D eigenvalue weighted by molar-refractivity contribution is 5.19. The van der Waals surface area contributed by atoms with Gasteiger partial charge < -0.3 is 4.74 Å². The summed E-state index contributed by atoms with van der Waals surface area (Å²) in [7, 11) is 0. The van der Waals surface area contributed by atoms with Gasteiger partial charge in [-0.1, -0.05) is 30.3 Å². The highest BCUT2D eigenvalue weighted by Crippen LogP contribution is 2.31. The Kier molecular flexibility index (Phi) is 5.20. The Bertz CT molecular complexity index is 649. The Balaban J connectivity index is 1.77. The molecule has 0 amide bonds. The quantitative estimate of drug-likeness (QED) is 0.842. The van der Waals surface area contributed by atoms with Crippen molar-refractivity contribution in [1.29, 1.82) is 0 Å². The maximum Gasteiger partial charge on any atom is 0.257 e. The van der Waals surface area contributed by atoms with Crippen LogP contribution in [0, 0.1) is 0 Å². The first-order valence-electron chi connectivity index (χ1n) is 8.13. The fourth-order valence-electron chi connectivity index (χ4n) is 3.23. The summed E-state index contributed by atoms with van der Waals surface area (Å²) in [6, 6.07) is 10.3. The molecule has 3 atom stereocenters. The van der Waals surface area contributed by atoms with E-state index < -0.39 is 13.0 Å². The number of aromatic nitrogens is 3. The molecule has 0 bridgehead atoms. The average molecular weight is 336 g/mol. The normalized spacial score (nSPS) is 25.3. The molecule has 0 spiro atoms. The van der Waals surface area contributed by atoms with Gasteiger partial charge in [-0.15, -0.1) is 0 Å². The average Bonchev–Trinajstić information content (AvgIpc) is 2.98. The van der Waals surface area contributed by atoms with Crippen LogP contribution in [0.5, 0.6) is 0 Å². The summed E-state index contributed by atoms with van der Waals surface area (Å²) in [5.74, 6) is 0.558. The molecule has 1 aromatic heterocycles. The van der Waals surface area contributed by atoms with E-state index in [4.69, 9.17) is 4.74 Å². The molecule has 2 heterocycles. The second-order valence-electron chi connectivity index (χ2n) is 6.18. The first-order chi connectivity index (χ1) is 11.6. The summed E-state index contributed by atoms with van der Waals surface area (Å²) >= 11 is 0. The van der Waals surface area contributed by atoms with Crippen molar-refractivity contribution in [2.45, 2.75) is 51.6 Å². The largest absolute Gasteiger partial charge is 0.370 e. The zero-order valence-corrected chi connectivity index (χ0v) is 13.8. The van der Waals surface area contributed by atoms with Gasteiger partial charge in [0.2, 0.25) is 0 Å². The molecular weight excluding hydrogens is 314 g/mol. The summed E-state index contributed by atoms with van der Waals surface area (Å²) in [6.45, 7) is 4.81. The van der Waals surface area contributed by atoms with Crippen molar-refractivity contribution in [3.63, 3.8) is 0 Å². The molecule has 7 heteroatoms. The summed E-state index contributed by atoms with van der Waals surface area (Å²) < 4.78 is 32.7. The van der Waals surface area contributed by atoms with Gasteiger partial charge in [-0.05, 0) is 19.4 Å². The van der Waals surface area contributed by atoms with Crippen LogP contribution in [0.25, 0.3) is 0 Å². The molecule has 5 nitrogen and oxygen atoms in total. The van der Waals surface area contributed by atoms with Gasteiger partial charge in [-0.25, -0.2) is 18.4 Å². The van der Waals surface area contributed by atoms with Gasteiger partial charge in [0.25, 0.3) is 6.43 Å². The van der Waals surface area contributed by atoms with Crippen molar-refractivity contribution in [2.75, 3.05) is 6.61 Å². The third-order valence-electron chi connectivity index (χ3n) is 4.50. The van der Waals surface area contributed by atoms with E-state index in [9.17, 15) is 8.78 Å². The summed E-state index contributed by atoms with van der Waals surface area (Å²) in [5, 5.41) is 3.92. The van der Waals surface area contributed by atoms with E-state index >= 15 is 0 Å². The SMILES string of the molecule is C[C@@H]1CO[C@@H](c2ccccc2)[C@H](C)N1Cc1ncnn1CC(F)F. The minimum atomic E-state index is -2.44. The van der Waals surface area contributed by atoms with E-state index in [0.29, 0.717) is 19.0 Å². The van der Waals surface area contributed by atoms with E-state index in [1.807, 2.05) is 18.2 Å². The number of hydrogen-bond acceptors (Lipinski definition) is 4. The van der Waals surface area contributed by atoms with Gasteiger partial charge in [0, 0.05) is 12.1 Å². The summed E-state index contributed by atoms with van der Waals surface area (Å²) in [6.07, 6.45) is -1.15. The van der Waals surface area contributed by atoms with E-state index in [2.05, 4.69) is 41.0 Å². The lowest BCUT2D eigenvalue weighted by atomic mass is 9.98. The number of nitrogens with zero attached hydrogens (tertiary/aromatic N) is 4. The number of alkyl halides is 2. The smallest absolute Gasteiger partial charge is 0.257 e. The van der Waals surface area contributed by atoms with Crippen LogP contribution < -0.4 is 0 Å². The van der Waals surface area contributed by atoms with Gasteiger partial charge in [0.05, 0.1) is 19.3 Å². The van der Waals surface area contributed by atoms with Crippen molar-refractivity contribution < 1.29 is 13.5 Å². The van der Waals surface area contributed by atoms with Gasteiger partial charge in [-0.3, -0.25) is 4.90 Å². The summed E-state index contributed by atoms with van der Waals surface area (Å²) in [4.78, 5) is 6.41. The number of rotatable bonds is 5. The Labute approximate surface area is 140 Å². The van der Waals surface area contributed by atoms with E-state index in [-0.39, 0.29) is 18.2 Å². The molecule has 3 rings (SSSR count). The van der Waals surface area contributed by atoms with Crippen LogP contribution in [0.3, 0.4) is 0 Å². The van der Waals surface area contributed by atoms with Crippen molar-refractivity contribution in [3.8, 4) is 0 Å². The van der Waals surface area contributed by atoms with Crippen LogP contribution in [0.1, 0.15) is 31.3 Å². The zero-order chi connectivity index (χ0) is 17.1. The standard InChI is InChI=1S/C17H22F2N4O/c1-12-10-24-17(14-6-4-3-5-7-14)13(2)22(12)9-16-20-11-21-23(16)8-15(18)19/h3-7,11-13,15,17H,8-10H2,1-2H3/t12-,13+,17-/m1/s1. The van der Waals surface area contributed by atoms with Gasteiger partial charge >= 0.3 is 0 Å². The first kappa shape index (κ1) is 17.0. The Morgan fingerprint density at radius 3 is 2.71 bits per heavy atom. The van der Waals surface area contributed by atoms with Crippen LogP contribution in [0.2, 0.25) is 0 Å². The molecule has 1 aliphatic heterocycles. The molecule has 1 aromatic carbocycles. The van der Waals surface area contributed by atoms with Gasteiger partial charge in [0.15, 0.2) is 0 Å². The molecule has 0 unspecified atom stereocenters. The van der Waals surface area contributed by atoms with Crippen molar-refractivity contribution in [2.24, 2.45) is 0 Å². The van der Waals surface area contributed by atoms with Gasteiger partial charge in [0.1, 0.15) is 18.7 Å². The number of halogens is 2. The predicted octanol–water partition coefficient (Wildman–Crippen LogP) is 2.89. The van der Waals surface area contributed by atoms with Crippen LogP contribution in [0.15, 0.2) is 36.7 Å². The maximum atomic E-state index is 12.7. The second-order valence-corrected chi connectivity index (χ2v) is 6.18. The molecule has 24 heavy (non-hydrogen) atoms. The predicted molar refractivity (Wildman–Crippen MR) is 85.6 cm³/mol. The fraction of sp³-hybridized carbons (Fsp3) is 0.529. The number of ether oxygens (including phenoxy) is 1. The second kappa shape index (κ2) is 7.36. The molecule has 1 fully saturated rings. The van der Waals surface area contributed by atoms with E-state index in [1.54, 1.807) is 0 Å². The van der Waals surface area contributed by atoms with Gasteiger partial charge in [-0.2, -0.15) is 5.10 Å². The fourth-order valence-corrected chi connectivity index (χ4v) is 3.23. The molecule has 130 valence electrons. The highest BCUT2D eigenvalue weighted by atomic mass is 19.3. The minimum absolute atomic E-state index is 0.0473. The molecule has 1 aliphatic rings. The third-order valence-corrected chi connectivity index (χ3v) is 4.50. The maximum absolute atomic E-state index is 12.7. The molecule has 0 saturated carbocycles. The number of morpholine rings is 1. The Hall–Kier alpha value is -1.86. The molecular formula is C17H22F2N4O. The van der Waals surface area contributed by atoms with E-state index in [0.717, 1.165) is 5.56 Å². The molecule has 1 saturated heterocycles. The molecule has 2 aromatic rings. The molecule has 0 aliphatic carbocycles. The molecule has 0 N–H and O–H groups in total. The van der Waals surface area contributed by atoms with Crippen LogP contribution in [-0.2, 0) is 17.8 Å². The van der Waals surface area contributed by atoms with Crippen LogP contribution >= 0.6 is 0 Å². The van der Waals surface area contributed by atoms with Crippen molar-refractivity contribution >= 4 is 0 Å². The van der Waals surface area contributed by atoms with Crippen LogP contribution in [-0.4, -0.2) is 44.8 Å². The van der Waals surface area contributed by atoms with Crippen LogP contribution in [0.4, 0.5) is 8.78 Å². The minimum Gasteiger partial charge on any atom is -0.370 e. The Morgan fingerprint density at radius 1 is 1.25 bits per heavy atom. The number of hydrogen-bond donors (Lipinski definition) is 0. The third kappa shape index (κ3) is 3.62. The first-order valence-corrected chi connectivity index (χ1v) is 8.13. The van der Waals surface area contributed by atoms with E-state index in [1.165, 1.54) is 11.0 Å². The zero-order valence-electron chi connectivity index (χ0n) is 13.8. The summed E-state index contributed by atoms with van der Waals surface area (Å²) in [5.41, 5.74) is 1.12. The topological polar surface area (TPSA) is 43.2 Å². The lowest BCUT2D eigenvalue weighted by Gasteiger charge is -2.43.